The molecule has 2 rings (SSSR count). The molecule has 110 valence electrons. The minimum atomic E-state index is -1.09. The van der Waals surface area contributed by atoms with Crippen LogP contribution < -0.4 is 5.32 Å². The van der Waals surface area contributed by atoms with E-state index in [1.54, 1.807) is 0 Å². The molecule has 1 unspecified atom stereocenters. The number of nitrogens with zero attached hydrogens (tertiary/aromatic N) is 1. The van der Waals surface area contributed by atoms with Crippen LogP contribution in [-0.2, 0) is 4.74 Å². The van der Waals surface area contributed by atoms with Gasteiger partial charge < -0.3 is 20.3 Å². The van der Waals surface area contributed by atoms with Crippen molar-refractivity contribution in [2.24, 2.45) is 0 Å². The van der Waals surface area contributed by atoms with Crippen LogP contribution in [0.25, 0.3) is 0 Å². The summed E-state index contributed by atoms with van der Waals surface area (Å²) in [6.07, 6.45) is 0.0312. The summed E-state index contributed by atoms with van der Waals surface area (Å²) in [7, 11) is 0. The predicted octanol–water partition coefficient (Wildman–Crippen LogP) is 0.260. The number of benzene rings is 1. The average molecular weight is 284 g/mol. The van der Waals surface area contributed by atoms with Crippen LogP contribution in [0.3, 0.4) is 0 Å². The summed E-state index contributed by atoms with van der Waals surface area (Å²) in [6, 6.07) is 4.70. The van der Waals surface area contributed by atoms with Crippen molar-refractivity contribution in [2.45, 2.75) is 6.10 Å². The van der Waals surface area contributed by atoms with Gasteiger partial charge in [-0.1, -0.05) is 0 Å². The topological polar surface area (TPSA) is 122 Å². The molecular weight excluding hydrogens is 268 g/mol. The summed E-state index contributed by atoms with van der Waals surface area (Å²) in [4.78, 5) is 19.9. The Morgan fingerprint density at radius 3 is 2.45 bits per heavy atom. The summed E-state index contributed by atoms with van der Waals surface area (Å²) in [5.74, 6) is -1.09. The molecule has 1 saturated heterocycles. The molecule has 1 fully saturated rings. The Morgan fingerprint density at radius 2 is 2.10 bits per heavy atom. The van der Waals surface area contributed by atoms with E-state index in [1.807, 2.05) is 0 Å². The third-order valence-electron chi connectivity index (χ3n) is 2.53. The van der Waals surface area contributed by atoms with Crippen LogP contribution in [0.1, 0.15) is 10.4 Å². The summed E-state index contributed by atoms with van der Waals surface area (Å²) in [6.45, 7) is 2.56. The maximum absolute atomic E-state index is 10.3. The molecule has 0 amide bonds. The Labute approximate surface area is 115 Å². The van der Waals surface area contributed by atoms with Gasteiger partial charge in [-0.3, -0.25) is 10.1 Å². The molecule has 0 spiro atoms. The third kappa shape index (κ3) is 5.31. The van der Waals surface area contributed by atoms with Crippen LogP contribution in [0.5, 0.6) is 0 Å². The molecule has 1 heterocycles. The van der Waals surface area contributed by atoms with E-state index in [0.717, 1.165) is 31.8 Å². The highest BCUT2D eigenvalue weighted by molar-refractivity contribution is 5.87. The first-order valence-corrected chi connectivity index (χ1v) is 5.95. The molecule has 1 aliphatic rings. The van der Waals surface area contributed by atoms with Crippen LogP contribution in [0, 0.1) is 10.1 Å². The van der Waals surface area contributed by atoms with E-state index in [1.165, 1.54) is 12.1 Å². The van der Waals surface area contributed by atoms with Crippen molar-refractivity contribution in [1.82, 2.24) is 5.32 Å². The molecule has 0 aromatic heterocycles. The second kappa shape index (κ2) is 8.20. The van der Waals surface area contributed by atoms with E-state index in [2.05, 4.69) is 5.32 Å². The Hall–Kier alpha value is -2.03. The van der Waals surface area contributed by atoms with Crippen LogP contribution in [-0.4, -0.2) is 53.5 Å². The second-order valence-electron chi connectivity index (χ2n) is 3.99. The van der Waals surface area contributed by atoms with E-state index in [9.17, 15) is 14.9 Å². The maximum Gasteiger partial charge on any atom is 0.335 e. The van der Waals surface area contributed by atoms with Crippen molar-refractivity contribution in [2.75, 3.05) is 26.3 Å². The van der Waals surface area contributed by atoms with E-state index < -0.39 is 10.9 Å². The van der Waals surface area contributed by atoms with Gasteiger partial charge in [-0.15, -0.1) is 0 Å². The van der Waals surface area contributed by atoms with Gasteiger partial charge in [0.1, 0.15) is 0 Å². The first-order chi connectivity index (χ1) is 9.54. The molecule has 3 N–H and O–H groups in total. The number of aromatic carboxylic acids is 1. The van der Waals surface area contributed by atoms with E-state index >= 15 is 0 Å². The van der Waals surface area contributed by atoms with E-state index in [-0.39, 0.29) is 24.0 Å². The van der Waals surface area contributed by atoms with Crippen molar-refractivity contribution < 1.29 is 24.7 Å². The Morgan fingerprint density at radius 1 is 1.45 bits per heavy atom. The fourth-order valence-electron chi connectivity index (χ4n) is 1.46. The molecule has 0 bridgehead atoms. The zero-order valence-corrected chi connectivity index (χ0v) is 10.7. The molecule has 1 atom stereocenters. The van der Waals surface area contributed by atoms with Crippen molar-refractivity contribution in [3.8, 4) is 0 Å². The van der Waals surface area contributed by atoms with Crippen LogP contribution in [0.2, 0.25) is 0 Å². The highest BCUT2D eigenvalue weighted by Gasteiger charge is 2.10. The molecule has 8 heteroatoms. The molecule has 1 aliphatic heterocycles. The predicted molar refractivity (Wildman–Crippen MR) is 69.8 cm³/mol. The second-order valence-corrected chi connectivity index (χ2v) is 3.99. The quantitative estimate of drug-likeness (QED) is 0.537. The number of ether oxygens (including phenoxy) is 1. The number of non-ortho nitro benzene ring substituents is 1. The minimum Gasteiger partial charge on any atom is -0.478 e. The van der Waals surface area contributed by atoms with Crippen molar-refractivity contribution in [1.29, 1.82) is 0 Å². The smallest absolute Gasteiger partial charge is 0.335 e. The lowest BCUT2D eigenvalue weighted by Gasteiger charge is -2.21. The molecular formula is C12H16N2O6. The first-order valence-electron chi connectivity index (χ1n) is 5.95. The van der Waals surface area contributed by atoms with Crippen molar-refractivity contribution >= 4 is 11.7 Å². The molecule has 8 nitrogen and oxygen atoms in total. The number of hydrogen-bond acceptors (Lipinski definition) is 6. The molecule has 20 heavy (non-hydrogen) atoms. The molecule has 0 radical (unpaired) electrons. The van der Waals surface area contributed by atoms with Gasteiger partial charge in [0.2, 0.25) is 0 Å². The summed E-state index contributed by atoms with van der Waals surface area (Å²) in [5.41, 5.74) is -0.0689. The van der Waals surface area contributed by atoms with Crippen molar-refractivity contribution in [3.63, 3.8) is 0 Å². The van der Waals surface area contributed by atoms with Gasteiger partial charge >= 0.3 is 5.97 Å². The number of rotatable bonds is 3. The van der Waals surface area contributed by atoms with Crippen LogP contribution in [0.4, 0.5) is 5.69 Å². The monoisotopic (exact) mass is 284 g/mol. The molecule has 1 aromatic carbocycles. The van der Waals surface area contributed by atoms with Crippen LogP contribution in [0.15, 0.2) is 24.3 Å². The number of nitrogens with one attached hydrogen (secondary N) is 1. The average Bonchev–Trinajstić information content (AvgIpc) is 2.48. The SMILES string of the molecule is O=C(O)c1ccc([N+](=O)[O-])cc1.OCC1CNCCO1. The first kappa shape index (κ1) is 16.0. The summed E-state index contributed by atoms with van der Waals surface area (Å²) in [5, 5.41) is 30.2. The Balaban J connectivity index is 0.000000217. The lowest BCUT2D eigenvalue weighted by molar-refractivity contribution is -0.384. The number of morpholine rings is 1. The highest BCUT2D eigenvalue weighted by Crippen LogP contribution is 2.11. The number of nitro groups is 1. The number of carboxylic acids is 1. The number of carboxylic acid groups (broad SMARTS) is 1. The largest absolute Gasteiger partial charge is 0.478 e. The minimum absolute atomic E-state index is 0.0312. The van der Waals surface area contributed by atoms with Crippen LogP contribution >= 0.6 is 0 Å². The van der Waals surface area contributed by atoms with Gasteiger partial charge in [0.25, 0.3) is 5.69 Å². The number of hydrogen-bond donors (Lipinski definition) is 3. The van der Waals surface area contributed by atoms with Gasteiger partial charge in [-0.05, 0) is 12.1 Å². The fraction of sp³-hybridized carbons (Fsp3) is 0.417. The summed E-state index contributed by atoms with van der Waals surface area (Å²) >= 11 is 0. The molecule has 1 aromatic rings. The zero-order valence-electron chi connectivity index (χ0n) is 10.7. The summed E-state index contributed by atoms with van der Waals surface area (Å²) < 4.78 is 5.11. The Kier molecular flexibility index (Phi) is 6.57. The lowest BCUT2D eigenvalue weighted by atomic mass is 10.2. The maximum atomic E-state index is 10.3. The number of aliphatic hydroxyl groups excluding tert-OH is 1. The van der Waals surface area contributed by atoms with Gasteiger partial charge in [0.15, 0.2) is 0 Å². The van der Waals surface area contributed by atoms with Gasteiger partial charge in [0, 0.05) is 25.2 Å². The number of aliphatic hydroxyl groups is 1. The third-order valence-corrected chi connectivity index (χ3v) is 2.53. The zero-order chi connectivity index (χ0) is 15.0. The Bertz CT molecular complexity index is 409. The number of nitro benzene ring substituents is 1. The molecule has 0 saturated carbocycles. The highest BCUT2D eigenvalue weighted by atomic mass is 16.6. The van der Waals surface area contributed by atoms with Crippen molar-refractivity contribution in [3.05, 3.63) is 39.9 Å². The van der Waals surface area contributed by atoms with Gasteiger partial charge in [0.05, 0.1) is 29.8 Å². The molecule has 0 aliphatic carbocycles. The fourth-order valence-corrected chi connectivity index (χ4v) is 1.46. The normalized spacial score (nSPS) is 17.8. The van der Waals surface area contributed by atoms with Gasteiger partial charge in [-0.25, -0.2) is 4.79 Å². The lowest BCUT2D eigenvalue weighted by Crippen LogP contribution is -2.40. The number of carbonyl (C=O) groups is 1. The standard InChI is InChI=1S/C7H5NO4.C5H11NO2/c9-7(10)5-1-3-6(4-2-5)8(11)12;7-4-5-3-6-1-2-8-5/h1-4H,(H,9,10);5-7H,1-4H2. The van der Waals surface area contributed by atoms with Gasteiger partial charge in [-0.2, -0.15) is 0 Å². The van der Waals surface area contributed by atoms with E-state index in [4.69, 9.17) is 14.9 Å². The van der Waals surface area contributed by atoms with E-state index in [0.29, 0.717) is 0 Å².